The van der Waals surface area contributed by atoms with E-state index in [4.69, 9.17) is 10.5 Å². The first kappa shape index (κ1) is 13.4. The third-order valence-corrected chi connectivity index (χ3v) is 3.71. The molecule has 1 heterocycles. The molecule has 0 aliphatic heterocycles. The zero-order valence-electron chi connectivity index (χ0n) is 9.58. The van der Waals surface area contributed by atoms with Gasteiger partial charge in [-0.25, -0.2) is 0 Å². The maximum Gasteiger partial charge on any atom is 0.238 e. The van der Waals surface area contributed by atoms with Crippen molar-refractivity contribution in [2.45, 2.75) is 0 Å². The van der Waals surface area contributed by atoms with Crippen LogP contribution in [0.1, 0.15) is 0 Å². The number of nitrogens with zero attached hydrogens (tertiary/aromatic N) is 1. The molecule has 3 N–H and O–H groups in total. The molecule has 0 saturated carbocycles. The van der Waals surface area contributed by atoms with E-state index in [9.17, 15) is 0 Å². The molecule has 94 valence electrons. The van der Waals surface area contributed by atoms with Crippen LogP contribution >= 0.6 is 38.5 Å². The third-order valence-electron chi connectivity index (χ3n) is 2.27. The zero-order chi connectivity index (χ0) is 13.1. The lowest BCUT2D eigenvalue weighted by Crippen LogP contribution is -2.00. The number of nitrogens with one attached hydrogen (secondary N) is 1. The fraction of sp³-hybridized carbons (Fsp3) is 0.0833. The van der Waals surface area contributed by atoms with E-state index < -0.39 is 0 Å². The Kier molecular flexibility index (Phi) is 4.28. The highest BCUT2D eigenvalue weighted by molar-refractivity contribution is 14.1. The van der Waals surface area contributed by atoms with Gasteiger partial charge in [0.15, 0.2) is 0 Å². The molecular formula is C12H11BrIN3O. The predicted octanol–water partition coefficient (Wildman–Crippen LogP) is 3.78. The minimum Gasteiger partial charge on any atom is -0.479 e. The van der Waals surface area contributed by atoms with Crippen molar-refractivity contribution in [1.29, 1.82) is 0 Å². The summed E-state index contributed by atoms with van der Waals surface area (Å²) >= 11 is 5.70. The van der Waals surface area contributed by atoms with E-state index in [1.807, 2.05) is 24.3 Å². The van der Waals surface area contributed by atoms with Gasteiger partial charge in [0, 0.05) is 8.04 Å². The minimum absolute atomic E-state index is 0.421. The number of methoxy groups -OCH3 is 1. The number of hydrogen-bond acceptors (Lipinski definition) is 4. The number of halogens is 2. The number of aromatic nitrogens is 1. The van der Waals surface area contributed by atoms with Crippen molar-refractivity contribution in [2.75, 3.05) is 18.2 Å². The molecule has 1 aromatic heterocycles. The lowest BCUT2D eigenvalue weighted by Gasteiger charge is -2.10. The molecule has 0 amide bonds. The second-order valence-electron chi connectivity index (χ2n) is 3.54. The summed E-state index contributed by atoms with van der Waals surface area (Å²) in [5, 5.41) is 3.23. The van der Waals surface area contributed by atoms with Gasteiger partial charge in [0.1, 0.15) is 5.82 Å². The van der Waals surface area contributed by atoms with Crippen molar-refractivity contribution in [3.63, 3.8) is 0 Å². The monoisotopic (exact) mass is 419 g/mol. The van der Waals surface area contributed by atoms with Crippen molar-refractivity contribution in [3.8, 4) is 5.88 Å². The molecule has 0 bridgehead atoms. The zero-order valence-corrected chi connectivity index (χ0v) is 13.3. The summed E-state index contributed by atoms with van der Waals surface area (Å²) in [4.78, 5) is 4.28. The minimum atomic E-state index is 0.421. The van der Waals surface area contributed by atoms with Crippen molar-refractivity contribution in [3.05, 3.63) is 38.4 Å². The van der Waals surface area contributed by atoms with E-state index in [1.165, 1.54) is 0 Å². The highest BCUT2D eigenvalue weighted by atomic mass is 127. The molecule has 0 aliphatic carbocycles. The van der Waals surface area contributed by atoms with E-state index >= 15 is 0 Å². The Morgan fingerprint density at radius 2 is 2.11 bits per heavy atom. The lowest BCUT2D eigenvalue weighted by atomic mass is 10.3. The molecule has 0 fully saturated rings. The van der Waals surface area contributed by atoms with Crippen LogP contribution in [0.15, 0.2) is 34.8 Å². The number of pyridine rings is 1. The molecule has 0 radical (unpaired) electrons. The molecule has 2 aromatic rings. The Balaban J connectivity index is 2.31. The average molecular weight is 420 g/mol. The summed E-state index contributed by atoms with van der Waals surface area (Å²) in [7, 11) is 1.55. The van der Waals surface area contributed by atoms with E-state index in [-0.39, 0.29) is 0 Å². The molecule has 4 nitrogen and oxygen atoms in total. The van der Waals surface area contributed by atoms with Crippen LogP contribution in [-0.2, 0) is 0 Å². The topological polar surface area (TPSA) is 60.2 Å². The maximum absolute atomic E-state index is 5.72. The van der Waals surface area contributed by atoms with Crippen LogP contribution in [0.2, 0.25) is 0 Å². The van der Waals surface area contributed by atoms with Gasteiger partial charge in [-0.2, -0.15) is 4.98 Å². The van der Waals surface area contributed by atoms with Crippen LogP contribution in [0.5, 0.6) is 5.88 Å². The van der Waals surface area contributed by atoms with E-state index in [2.05, 4.69) is 48.8 Å². The summed E-state index contributed by atoms with van der Waals surface area (Å²) in [6, 6.07) is 9.57. The third kappa shape index (κ3) is 3.05. The number of nitrogens with two attached hydrogens (primary N) is 1. The first-order chi connectivity index (χ1) is 8.60. The fourth-order valence-corrected chi connectivity index (χ4v) is 2.25. The quantitative estimate of drug-likeness (QED) is 0.743. The average Bonchev–Trinajstić information content (AvgIpc) is 2.36. The van der Waals surface area contributed by atoms with Crippen LogP contribution in [0.25, 0.3) is 0 Å². The normalized spacial score (nSPS) is 10.2. The van der Waals surface area contributed by atoms with Crippen molar-refractivity contribution < 1.29 is 4.74 Å². The van der Waals surface area contributed by atoms with E-state index in [1.54, 1.807) is 13.2 Å². The van der Waals surface area contributed by atoms with Gasteiger partial charge in [0.25, 0.3) is 0 Å². The van der Waals surface area contributed by atoms with Crippen LogP contribution in [-0.4, -0.2) is 12.1 Å². The fourth-order valence-electron chi connectivity index (χ4n) is 1.42. The first-order valence-corrected chi connectivity index (χ1v) is 7.00. The highest BCUT2D eigenvalue weighted by Crippen LogP contribution is 2.27. The largest absolute Gasteiger partial charge is 0.479 e. The SMILES string of the molecule is COc1nc(Nc2cc(Br)ccc2I)ccc1N. The predicted molar refractivity (Wildman–Crippen MR) is 85.3 cm³/mol. The van der Waals surface area contributed by atoms with Gasteiger partial charge in [-0.05, 0) is 52.9 Å². The van der Waals surface area contributed by atoms with Gasteiger partial charge in [0.2, 0.25) is 5.88 Å². The number of benzene rings is 1. The van der Waals surface area contributed by atoms with Crippen LogP contribution in [0.3, 0.4) is 0 Å². The molecule has 0 saturated heterocycles. The highest BCUT2D eigenvalue weighted by Gasteiger charge is 2.05. The number of hydrogen-bond donors (Lipinski definition) is 2. The standard InChI is InChI=1S/C12H11BrIN3O/c1-18-12-9(15)4-5-11(17-12)16-10-6-7(13)2-3-8(10)14/h2-6H,15H2,1H3,(H,16,17). The molecule has 0 atom stereocenters. The Morgan fingerprint density at radius 3 is 2.83 bits per heavy atom. The smallest absolute Gasteiger partial charge is 0.238 e. The summed E-state index contributed by atoms with van der Waals surface area (Å²) < 4.78 is 7.20. The van der Waals surface area contributed by atoms with Crippen LogP contribution < -0.4 is 15.8 Å². The Bertz CT molecular complexity index is 577. The lowest BCUT2D eigenvalue weighted by molar-refractivity contribution is 0.401. The van der Waals surface area contributed by atoms with Crippen molar-refractivity contribution in [2.24, 2.45) is 0 Å². The Hall–Kier alpha value is -1.02. The molecule has 0 aliphatic rings. The van der Waals surface area contributed by atoms with Crippen molar-refractivity contribution >= 4 is 55.7 Å². The van der Waals surface area contributed by atoms with Gasteiger partial charge in [-0.1, -0.05) is 15.9 Å². The van der Waals surface area contributed by atoms with Gasteiger partial charge in [-0.15, -0.1) is 0 Å². The van der Waals surface area contributed by atoms with Gasteiger partial charge < -0.3 is 15.8 Å². The number of anilines is 3. The first-order valence-electron chi connectivity index (χ1n) is 5.12. The molecule has 18 heavy (non-hydrogen) atoms. The van der Waals surface area contributed by atoms with Crippen molar-refractivity contribution in [1.82, 2.24) is 4.98 Å². The molecule has 6 heteroatoms. The summed E-state index contributed by atoms with van der Waals surface area (Å²) in [5.74, 6) is 1.11. The van der Waals surface area contributed by atoms with Gasteiger partial charge in [-0.3, -0.25) is 0 Å². The summed E-state index contributed by atoms with van der Waals surface area (Å²) in [6.07, 6.45) is 0. The Labute approximate surface area is 127 Å². The van der Waals surface area contributed by atoms with Crippen LogP contribution in [0.4, 0.5) is 17.2 Å². The van der Waals surface area contributed by atoms with E-state index in [0.29, 0.717) is 17.4 Å². The number of ether oxygens (including phenoxy) is 1. The summed E-state index contributed by atoms with van der Waals surface area (Å²) in [6.45, 7) is 0. The molecule has 1 aromatic carbocycles. The maximum atomic E-state index is 5.72. The molecular weight excluding hydrogens is 409 g/mol. The van der Waals surface area contributed by atoms with Gasteiger partial charge in [0.05, 0.1) is 18.5 Å². The Morgan fingerprint density at radius 1 is 1.33 bits per heavy atom. The number of nitrogen functional groups attached to an aromatic ring is 1. The summed E-state index contributed by atoms with van der Waals surface area (Å²) in [5.41, 5.74) is 7.22. The van der Waals surface area contributed by atoms with E-state index in [0.717, 1.165) is 13.7 Å². The van der Waals surface area contributed by atoms with Gasteiger partial charge >= 0.3 is 0 Å². The molecule has 0 spiro atoms. The van der Waals surface area contributed by atoms with Crippen LogP contribution in [0, 0.1) is 3.57 Å². The molecule has 2 rings (SSSR count). The second kappa shape index (κ2) is 5.75. The number of rotatable bonds is 3. The molecule has 0 unspecified atom stereocenters. The second-order valence-corrected chi connectivity index (χ2v) is 5.62.